The van der Waals surface area contributed by atoms with Crippen molar-refractivity contribution >= 4 is 21.6 Å². The second-order valence-electron chi connectivity index (χ2n) is 6.73. The van der Waals surface area contributed by atoms with E-state index in [1.54, 1.807) is 48.2 Å². The van der Waals surface area contributed by atoms with Gasteiger partial charge in [0, 0.05) is 24.3 Å². The molecule has 27 heavy (non-hydrogen) atoms. The predicted molar refractivity (Wildman–Crippen MR) is 110 cm³/mol. The molecule has 2 aromatic carbocycles. The first kappa shape index (κ1) is 20.7. The van der Waals surface area contributed by atoms with Gasteiger partial charge >= 0.3 is 0 Å². The van der Waals surface area contributed by atoms with Crippen LogP contribution < -0.4 is 4.72 Å². The Labute approximate surface area is 161 Å². The summed E-state index contributed by atoms with van der Waals surface area (Å²) in [7, 11) is -3.69. The van der Waals surface area contributed by atoms with Gasteiger partial charge in [-0.2, -0.15) is 0 Å². The summed E-state index contributed by atoms with van der Waals surface area (Å²) in [4.78, 5) is 14.5. The Morgan fingerprint density at radius 1 is 1.11 bits per heavy atom. The van der Waals surface area contributed by atoms with Gasteiger partial charge in [0.15, 0.2) is 0 Å². The van der Waals surface area contributed by atoms with Crippen LogP contribution in [-0.2, 0) is 10.0 Å². The summed E-state index contributed by atoms with van der Waals surface area (Å²) in [6.07, 6.45) is 0. The molecular formula is C21H26N2O3S. The van der Waals surface area contributed by atoms with Crippen LogP contribution in [0.4, 0.5) is 5.69 Å². The lowest BCUT2D eigenvalue weighted by atomic mass is 10.1. The van der Waals surface area contributed by atoms with Crippen LogP contribution in [0.5, 0.6) is 0 Å². The van der Waals surface area contributed by atoms with Crippen LogP contribution in [0.2, 0.25) is 0 Å². The summed E-state index contributed by atoms with van der Waals surface area (Å²) >= 11 is 0. The molecule has 0 saturated carbocycles. The lowest BCUT2D eigenvalue weighted by molar-refractivity contribution is 0.0778. The summed E-state index contributed by atoms with van der Waals surface area (Å²) in [5, 5.41) is 0. The number of hydrogen-bond donors (Lipinski definition) is 1. The van der Waals surface area contributed by atoms with Crippen molar-refractivity contribution < 1.29 is 13.2 Å². The third kappa shape index (κ3) is 5.20. The first-order valence-corrected chi connectivity index (χ1v) is 10.3. The highest BCUT2D eigenvalue weighted by Gasteiger charge is 2.18. The van der Waals surface area contributed by atoms with E-state index in [4.69, 9.17) is 0 Å². The molecular weight excluding hydrogens is 360 g/mol. The maximum atomic E-state index is 12.7. The zero-order chi connectivity index (χ0) is 20.2. The highest BCUT2D eigenvalue weighted by atomic mass is 32.2. The molecule has 0 spiro atoms. The summed E-state index contributed by atoms with van der Waals surface area (Å²) in [6.45, 7) is 12.3. The minimum absolute atomic E-state index is 0.107. The molecule has 1 N–H and O–H groups in total. The monoisotopic (exact) mass is 386 g/mol. The first-order valence-electron chi connectivity index (χ1n) is 8.78. The lowest BCUT2D eigenvalue weighted by Crippen LogP contribution is -2.32. The van der Waals surface area contributed by atoms with Crippen molar-refractivity contribution in [1.82, 2.24) is 4.90 Å². The van der Waals surface area contributed by atoms with Crippen LogP contribution in [0.15, 0.2) is 59.5 Å². The molecule has 2 rings (SSSR count). The standard InChI is InChI=1S/C21H26N2O3S/c1-6-23(14-15(2)3)21(24)18-9-11-19(12-10-18)22-27(25,26)20-13-16(4)7-8-17(20)5/h7-13,22H,2,6,14H2,1,3-5H3. The average Bonchev–Trinajstić information content (AvgIpc) is 2.61. The molecule has 0 aliphatic rings. The Kier molecular flexibility index (Phi) is 6.44. The van der Waals surface area contributed by atoms with Gasteiger partial charge in [-0.3, -0.25) is 9.52 Å². The predicted octanol–water partition coefficient (Wildman–Crippen LogP) is 4.14. The van der Waals surface area contributed by atoms with E-state index >= 15 is 0 Å². The zero-order valence-electron chi connectivity index (χ0n) is 16.2. The van der Waals surface area contributed by atoms with E-state index < -0.39 is 10.0 Å². The van der Waals surface area contributed by atoms with E-state index in [9.17, 15) is 13.2 Å². The molecule has 5 nitrogen and oxygen atoms in total. The molecule has 0 fully saturated rings. The van der Waals surface area contributed by atoms with Gasteiger partial charge in [0.1, 0.15) is 0 Å². The second-order valence-corrected chi connectivity index (χ2v) is 8.38. The van der Waals surface area contributed by atoms with Crippen molar-refractivity contribution in [1.29, 1.82) is 0 Å². The SMILES string of the molecule is C=C(C)CN(CC)C(=O)c1ccc(NS(=O)(=O)c2cc(C)ccc2C)cc1. The van der Waals surface area contributed by atoms with E-state index in [0.29, 0.717) is 29.9 Å². The number of amides is 1. The number of hydrogen-bond acceptors (Lipinski definition) is 3. The quantitative estimate of drug-likeness (QED) is 0.727. The van der Waals surface area contributed by atoms with Crippen molar-refractivity contribution in [3.63, 3.8) is 0 Å². The summed E-state index contributed by atoms with van der Waals surface area (Å²) in [6, 6.07) is 11.8. The van der Waals surface area contributed by atoms with Crippen LogP contribution >= 0.6 is 0 Å². The van der Waals surface area contributed by atoms with Crippen molar-refractivity contribution in [2.75, 3.05) is 17.8 Å². The van der Waals surface area contributed by atoms with Crippen LogP contribution in [-0.4, -0.2) is 32.3 Å². The molecule has 0 aliphatic heterocycles. The Bertz CT molecular complexity index is 948. The van der Waals surface area contributed by atoms with Gasteiger partial charge in [-0.1, -0.05) is 24.3 Å². The number of sulfonamides is 1. The van der Waals surface area contributed by atoms with E-state index in [1.165, 1.54) is 0 Å². The Hall–Kier alpha value is -2.60. The fourth-order valence-corrected chi connectivity index (χ4v) is 4.11. The second kappa shape index (κ2) is 8.39. The smallest absolute Gasteiger partial charge is 0.262 e. The van der Waals surface area contributed by atoms with E-state index in [2.05, 4.69) is 11.3 Å². The van der Waals surface area contributed by atoms with E-state index in [-0.39, 0.29) is 10.8 Å². The maximum Gasteiger partial charge on any atom is 0.262 e. The molecule has 0 atom stereocenters. The molecule has 6 heteroatoms. The molecule has 144 valence electrons. The van der Waals surface area contributed by atoms with Crippen LogP contribution in [0.1, 0.15) is 35.3 Å². The molecule has 0 radical (unpaired) electrons. The number of nitrogens with zero attached hydrogens (tertiary/aromatic N) is 1. The third-order valence-electron chi connectivity index (χ3n) is 4.15. The van der Waals surface area contributed by atoms with Crippen molar-refractivity contribution in [3.8, 4) is 0 Å². The highest BCUT2D eigenvalue weighted by molar-refractivity contribution is 7.92. The number of benzene rings is 2. The normalized spacial score (nSPS) is 11.1. The van der Waals surface area contributed by atoms with Gasteiger partial charge < -0.3 is 4.90 Å². The number of carbonyl (C=O) groups is 1. The number of nitrogens with one attached hydrogen (secondary N) is 1. The minimum Gasteiger partial charge on any atom is -0.335 e. The first-order chi connectivity index (χ1) is 12.6. The van der Waals surface area contributed by atoms with Crippen LogP contribution in [0.3, 0.4) is 0 Å². The van der Waals surface area contributed by atoms with Crippen molar-refractivity contribution in [2.24, 2.45) is 0 Å². The number of likely N-dealkylation sites (N-methyl/N-ethyl adjacent to an activating group) is 1. The van der Waals surface area contributed by atoms with Gasteiger partial charge in [0.05, 0.1) is 4.90 Å². The summed E-state index contributed by atoms with van der Waals surface area (Å²) in [5.41, 5.74) is 3.38. The van der Waals surface area contributed by atoms with Crippen molar-refractivity contribution in [2.45, 2.75) is 32.6 Å². The molecule has 0 saturated heterocycles. The molecule has 0 unspecified atom stereocenters. The van der Waals surface area contributed by atoms with Gasteiger partial charge in [-0.05, 0) is 69.2 Å². The molecule has 1 amide bonds. The van der Waals surface area contributed by atoms with E-state index in [0.717, 1.165) is 11.1 Å². The fraction of sp³-hybridized carbons (Fsp3) is 0.286. The Balaban J connectivity index is 2.21. The molecule has 2 aromatic rings. The topological polar surface area (TPSA) is 66.5 Å². The summed E-state index contributed by atoms with van der Waals surface area (Å²) in [5.74, 6) is -0.107. The number of rotatable bonds is 7. The number of anilines is 1. The third-order valence-corrected chi connectivity index (χ3v) is 5.67. The minimum atomic E-state index is -3.69. The molecule has 0 aromatic heterocycles. The van der Waals surface area contributed by atoms with Gasteiger partial charge in [0.2, 0.25) is 0 Å². The fourth-order valence-electron chi connectivity index (χ4n) is 2.72. The van der Waals surface area contributed by atoms with Gasteiger partial charge in [-0.15, -0.1) is 0 Å². The molecule has 0 aliphatic carbocycles. The zero-order valence-corrected chi connectivity index (χ0v) is 17.1. The summed E-state index contributed by atoms with van der Waals surface area (Å²) < 4.78 is 27.9. The van der Waals surface area contributed by atoms with E-state index in [1.807, 2.05) is 26.8 Å². The van der Waals surface area contributed by atoms with Crippen LogP contribution in [0, 0.1) is 13.8 Å². The van der Waals surface area contributed by atoms with Gasteiger partial charge in [0.25, 0.3) is 15.9 Å². The largest absolute Gasteiger partial charge is 0.335 e. The van der Waals surface area contributed by atoms with Crippen molar-refractivity contribution in [3.05, 3.63) is 71.3 Å². The number of aryl methyl sites for hydroxylation is 2. The maximum absolute atomic E-state index is 12.7. The number of carbonyl (C=O) groups excluding carboxylic acids is 1. The molecule has 0 heterocycles. The highest BCUT2D eigenvalue weighted by Crippen LogP contribution is 2.21. The Morgan fingerprint density at radius 2 is 1.74 bits per heavy atom. The lowest BCUT2D eigenvalue weighted by Gasteiger charge is -2.21. The average molecular weight is 387 g/mol. The van der Waals surface area contributed by atoms with Gasteiger partial charge in [-0.25, -0.2) is 8.42 Å². The molecule has 0 bridgehead atoms. The Morgan fingerprint density at radius 3 is 2.30 bits per heavy atom. The van der Waals surface area contributed by atoms with Crippen LogP contribution in [0.25, 0.3) is 0 Å².